The maximum Gasteiger partial charge on any atom is 0.181 e. The molecule has 0 fully saturated rings. The fourth-order valence-corrected chi connectivity index (χ4v) is 3.89. The molecule has 6 heteroatoms. The van der Waals surface area contributed by atoms with Gasteiger partial charge in [0.15, 0.2) is 5.65 Å². The highest BCUT2D eigenvalue weighted by Crippen LogP contribution is 2.28. The van der Waals surface area contributed by atoms with Crippen molar-refractivity contribution < 1.29 is 4.74 Å². The van der Waals surface area contributed by atoms with Gasteiger partial charge in [0.2, 0.25) is 0 Å². The summed E-state index contributed by atoms with van der Waals surface area (Å²) < 4.78 is 6.91. The Kier molecular flexibility index (Phi) is 4.00. The van der Waals surface area contributed by atoms with Crippen molar-refractivity contribution in [3.63, 3.8) is 0 Å². The molecular weight excluding hydrogens is 320 g/mol. The smallest absolute Gasteiger partial charge is 0.181 e. The van der Waals surface area contributed by atoms with Gasteiger partial charge in [-0.05, 0) is 37.1 Å². The van der Waals surface area contributed by atoms with Crippen molar-refractivity contribution in [1.29, 1.82) is 0 Å². The lowest BCUT2D eigenvalue weighted by Gasteiger charge is -2.00. The first-order valence-electron chi connectivity index (χ1n) is 7.91. The number of ether oxygens (including phenoxy) is 1. The molecule has 0 saturated carbocycles. The molecule has 0 spiro atoms. The molecule has 0 unspecified atom stereocenters. The van der Waals surface area contributed by atoms with Crippen LogP contribution in [0.25, 0.3) is 32.5 Å². The molecule has 0 N–H and O–H groups in total. The highest BCUT2D eigenvalue weighted by molar-refractivity contribution is 7.18. The Morgan fingerprint density at radius 3 is 3.00 bits per heavy atom. The van der Waals surface area contributed by atoms with Gasteiger partial charge in [-0.3, -0.25) is 4.68 Å². The van der Waals surface area contributed by atoms with Gasteiger partial charge < -0.3 is 4.74 Å². The van der Waals surface area contributed by atoms with E-state index in [9.17, 15) is 0 Å². The summed E-state index contributed by atoms with van der Waals surface area (Å²) in [6.45, 7) is 0.795. The van der Waals surface area contributed by atoms with Gasteiger partial charge in [0.25, 0.3) is 0 Å². The van der Waals surface area contributed by atoms with Gasteiger partial charge in [0, 0.05) is 54.4 Å². The highest BCUT2D eigenvalue weighted by atomic mass is 32.1. The van der Waals surface area contributed by atoms with Crippen LogP contribution in [-0.4, -0.2) is 33.5 Å². The molecule has 122 valence electrons. The first-order valence-corrected chi connectivity index (χ1v) is 8.73. The molecule has 0 radical (unpaired) electrons. The standard InChI is InChI=1S/C18H18N4OS/c1-22-11-14-8-13(10-19-17(14)21-22)16-6-5-12-9-15(4-3-7-23-2)24-18(12)20-16/h5-6,8-11H,3-4,7H2,1-2H3. The number of hydrogen-bond donors (Lipinski definition) is 0. The Morgan fingerprint density at radius 2 is 2.12 bits per heavy atom. The summed E-state index contributed by atoms with van der Waals surface area (Å²) in [5, 5.41) is 6.55. The number of thiophene rings is 1. The zero-order valence-electron chi connectivity index (χ0n) is 13.7. The minimum atomic E-state index is 0.763. The molecule has 0 atom stereocenters. The van der Waals surface area contributed by atoms with Gasteiger partial charge in [-0.1, -0.05) is 0 Å². The lowest BCUT2D eigenvalue weighted by molar-refractivity contribution is 0.195. The monoisotopic (exact) mass is 338 g/mol. The third-order valence-corrected chi connectivity index (χ3v) is 5.08. The summed E-state index contributed by atoms with van der Waals surface area (Å²) in [5.74, 6) is 0. The largest absolute Gasteiger partial charge is 0.385 e. The van der Waals surface area contributed by atoms with E-state index in [1.807, 2.05) is 19.4 Å². The van der Waals surface area contributed by atoms with Crippen molar-refractivity contribution in [2.45, 2.75) is 12.8 Å². The molecule has 4 heterocycles. The van der Waals surface area contributed by atoms with Gasteiger partial charge in [0.1, 0.15) is 4.83 Å². The van der Waals surface area contributed by atoms with E-state index in [1.165, 1.54) is 10.3 Å². The summed E-state index contributed by atoms with van der Waals surface area (Å²) in [4.78, 5) is 11.7. The van der Waals surface area contributed by atoms with Crippen LogP contribution in [0.4, 0.5) is 0 Å². The molecule has 4 aromatic heterocycles. The second-order valence-corrected chi connectivity index (χ2v) is 6.95. The van der Waals surface area contributed by atoms with Crippen LogP contribution in [-0.2, 0) is 18.2 Å². The molecule has 0 aliphatic carbocycles. The molecule has 4 rings (SSSR count). The molecule has 4 aromatic rings. The van der Waals surface area contributed by atoms with Gasteiger partial charge in [-0.15, -0.1) is 11.3 Å². The normalized spacial score (nSPS) is 11.6. The van der Waals surface area contributed by atoms with Gasteiger partial charge >= 0.3 is 0 Å². The minimum Gasteiger partial charge on any atom is -0.385 e. The second-order valence-electron chi connectivity index (χ2n) is 5.84. The van der Waals surface area contributed by atoms with Crippen LogP contribution in [0.3, 0.4) is 0 Å². The van der Waals surface area contributed by atoms with E-state index in [0.717, 1.165) is 46.6 Å². The van der Waals surface area contributed by atoms with Crippen molar-refractivity contribution in [2.75, 3.05) is 13.7 Å². The zero-order chi connectivity index (χ0) is 16.5. The fraction of sp³-hybridized carbons (Fsp3) is 0.278. The number of methoxy groups -OCH3 is 1. The van der Waals surface area contributed by atoms with Crippen molar-refractivity contribution >= 4 is 32.6 Å². The van der Waals surface area contributed by atoms with E-state index in [-0.39, 0.29) is 0 Å². The van der Waals surface area contributed by atoms with Crippen LogP contribution in [0.1, 0.15) is 11.3 Å². The van der Waals surface area contributed by atoms with E-state index < -0.39 is 0 Å². The molecule has 0 aromatic carbocycles. The van der Waals surface area contributed by atoms with E-state index in [1.54, 1.807) is 23.1 Å². The van der Waals surface area contributed by atoms with Crippen LogP contribution in [0.15, 0.2) is 36.7 Å². The van der Waals surface area contributed by atoms with Crippen LogP contribution >= 0.6 is 11.3 Å². The lowest BCUT2D eigenvalue weighted by atomic mass is 10.1. The summed E-state index contributed by atoms with van der Waals surface area (Å²) in [6, 6.07) is 8.53. The Balaban J connectivity index is 1.67. The number of hydrogen-bond acceptors (Lipinski definition) is 5. The first-order chi connectivity index (χ1) is 11.7. The first kappa shape index (κ1) is 15.2. The fourth-order valence-electron chi connectivity index (χ4n) is 2.82. The Labute approximate surface area is 143 Å². The number of aryl methyl sites for hydroxylation is 2. The van der Waals surface area contributed by atoms with E-state index in [2.05, 4.69) is 34.3 Å². The quantitative estimate of drug-likeness (QED) is 0.519. The average Bonchev–Trinajstić information content (AvgIpc) is 3.15. The topological polar surface area (TPSA) is 52.8 Å². The van der Waals surface area contributed by atoms with Gasteiger partial charge in [-0.25, -0.2) is 9.97 Å². The third-order valence-electron chi connectivity index (χ3n) is 3.97. The Morgan fingerprint density at radius 1 is 1.21 bits per heavy atom. The van der Waals surface area contributed by atoms with Crippen LogP contribution < -0.4 is 0 Å². The average molecular weight is 338 g/mol. The van der Waals surface area contributed by atoms with E-state index in [4.69, 9.17) is 9.72 Å². The molecule has 0 saturated heterocycles. The molecular formula is C18H18N4OS. The van der Waals surface area contributed by atoms with E-state index in [0.29, 0.717) is 0 Å². The molecule has 0 bridgehead atoms. The number of fused-ring (bicyclic) bond motifs is 2. The van der Waals surface area contributed by atoms with Crippen molar-refractivity contribution in [1.82, 2.24) is 19.7 Å². The highest BCUT2D eigenvalue weighted by Gasteiger charge is 2.08. The second kappa shape index (κ2) is 6.30. The van der Waals surface area contributed by atoms with Crippen LogP contribution in [0, 0.1) is 0 Å². The molecule has 0 aliphatic heterocycles. The number of aromatic nitrogens is 4. The minimum absolute atomic E-state index is 0.763. The van der Waals surface area contributed by atoms with Crippen molar-refractivity contribution in [3.05, 3.63) is 41.5 Å². The molecule has 0 aliphatic rings. The summed E-state index contributed by atoms with van der Waals surface area (Å²) >= 11 is 1.76. The Bertz CT molecular complexity index is 1000. The predicted octanol–water partition coefficient (Wildman–Crippen LogP) is 3.82. The third kappa shape index (κ3) is 2.90. The maximum absolute atomic E-state index is 5.13. The SMILES string of the molecule is COCCCc1cc2ccc(-c3cnc4nn(C)cc4c3)nc2s1. The van der Waals surface area contributed by atoms with Crippen LogP contribution in [0.5, 0.6) is 0 Å². The number of nitrogens with zero attached hydrogens (tertiary/aromatic N) is 4. The van der Waals surface area contributed by atoms with Crippen molar-refractivity contribution in [2.24, 2.45) is 7.05 Å². The van der Waals surface area contributed by atoms with E-state index >= 15 is 0 Å². The Hall–Kier alpha value is -2.31. The molecule has 5 nitrogen and oxygen atoms in total. The number of pyridine rings is 2. The summed E-state index contributed by atoms with van der Waals surface area (Å²) in [6.07, 6.45) is 5.89. The van der Waals surface area contributed by atoms with Gasteiger partial charge in [0.05, 0.1) is 5.69 Å². The predicted molar refractivity (Wildman–Crippen MR) is 97.3 cm³/mol. The summed E-state index contributed by atoms with van der Waals surface area (Å²) in [7, 11) is 3.65. The van der Waals surface area contributed by atoms with Crippen LogP contribution in [0.2, 0.25) is 0 Å². The maximum atomic E-state index is 5.13. The molecule has 0 amide bonds. The summed E-state index contributed by atoms with van der Waals surface area (Å²) in [5.41, 5.74) is 2.73. The van der Waals surface area contributed by atoms with Crippen molar-refractivity contribution in [3.8, 4) is 11.3 Å². The zero-order valence-corrected chi connectivity index (χ0v) is 14.5. The molecule has 24 heavy (non-hydrogen) atoms. The lowest BCUT2D eigenvalue weighted by Crippen LogP contribution is -1.89. The van der Waals surface area contributed by atoms with Gasteiger partial charge in [-0.2, -0.15) is 5.10 Å². The number of rotatable bonds is 5.